The van der Waals surface area contributed by atoms with E-state index in [-0.39, 0.29) is 59.0 Å². The molecule has 6 aromatic heterocycles. The first kappa shape index (κ1) is 59.0. The van der Waals surface area contributed by atoms with E-state index in [9.17, 15) is 25.3 Å². The fourth-order valence-electron chi connectivity index (χ4n) is 7.65. The Morgan fingerprint density at radius 3 is 1.29 bits per heavy atom. The summed E-state index contributed by atoms with van der Waals surface area (Å²) in [5, 5.41) is 2.31. The van der Waals surface area contributed by atoms with Crippen LogP contribution in [0.3, 0.4) is 0 Å². The Kier molecular flexibility index (Phi) is 17.9. The van der Waals surface area contributed by atoms with Crippen molar-refractivity contribution < 1.29 is 72.7 Å². The van der Waals surface area contributed by atoms with Gasteiger partial charge in [-0.3, -0.25) is 0 Å². The second-order valence-corrected chi connectivity index (χ2v) is 24.8. The zero-order chi connectivity index (χ0) is 50.7. The molecule has 0 atom stereocenters. The molecule has 22 heteroatoms. The van der Waals surface area contributed by atoms with Gasteiger partial charge in [-0.15, -0.1) is 0 Å². The van der Waals surface area contributed by atoms with Gasteiger partial charge < -0.3 is 20.9 Å². The van der Waals surface area contributed by atoms with Crippen molar-refractivity contribution in [1.82, 2.24) is 33.0 Å². The van der Waals surface area contributed by atoms with Crippen LogP contribution in [0.25, 0.3) is 33.1 Å². The van der Waals surface area contributed by atoms with Crippen LogP contribution in [0.2, 0.25) is 0 Å². The summed E-state index contributed by atoms with van der Waals surface area (Å²) in [6.07, 6.45) is 9.67. The maximum atomic E-state index is 13.4. The number of aryl methyl sites for hydroxylation is 6. The third kappa shape index (κ3) is 11.7. The summed E-state index contributed by atoms with van der Waals surface area (Å²) in [6, 6.07) is 27.9. The Hall–Kier alpha value is -4.93. The standard InChI is InChI=1S/C21H25BN2O4S.C15H13BrN2O2S.C15H14N2O2S.H3N.H2O.Y/c1-14-7-9-16(10-8-14)29(25,26)24-13-18(17-11-15(2)12-23-19(17)24)22-27-20(3,4)21(5,6)28-22;1-10-3-5-12(6-4-10)21(19,20)18-9-14(16)13-7-11(2)8-17-15(13)18;1-11-3-5-14(6-4-11)20(18,19)17-8-7-13-9-12(2)10-16-15(13)17;;;/h7-13H,1-6H3;3-9H,1-2H3;3-10H,1-2H3;1H3;1H2;. The molecule has 0 saturated carbocycles. The van der Waals surface area contributed by atoms with E-state index in [1.165, 1.54) is 11.9 Å². The van der Waals surface area contributed by atoms with Crippen LogP contribution in [0.1, 0.15) is 61.1 Å². The largest absolute Gasteiger partial charge is 0.497 e. The number of pyridine rings is 3. The number of benzene rings is 3. The van der Waals surface area contributed by atoms with Gasteiger partial charge >= 0.3 is 7.12 Å². The molecule has 1 fully saturated rings. The summed E-state index contributed by atoms with van der Waals surface area (Å²) in [4.78, 5) is 13.7. The first-order valence-electron chi connectivity index (χ1n) is 22.2. The number of hydrogen-bond donors (Lipinski definition) is 1. The number of nitrogens with zero attached hydrogens (tertiary/aromatic N) is 6. The fraction of sp³-hybridized carbons (Fsp3) is 0.235. The summed E-state index contributed by atoms with van der Waals surface area (Å²) in [5.74, 6) is 0. The first-order chi connectivity index (χ1) is 32.8. The molecular formula is C51H57BBrN7O9S3Y. The van der Waals surface area contributed by atoms with Gasteiger partial charge in [0, 0.05) is 96.0 Å². The Morgan fingerprint density at radius 1 is 0.493 bits per heavy atom. The summed E-state index contributed by atoms with van der Waals surface area (Å²) < 4.78 is 94.3. The average molecular weight is 1190 g/mol. The minimum Gasteiger partial charge on any atom is -0.412 e. The van der Waals surface area contributed by atoms with Gasteiger partial charge in [0.25, 0.3) is 30.1 Å². The number of fused-ring (bicyclic) bond motifs is 3. The third-order valence-electron chi connectivity index (χ3n) is 12.4. The molecule has 1 radical (unpaired) electrons. The van der Waals surface area contributed by atoms with Crippen LogP contribution in [-0.2, 0) is 72.1 Å². The predicted molar refractivity (Wildman–Crippen MR) is 287 cm³/mol. The quantitative estimate of drug-likeness (QED) is 0.147. The minimum atomic E-state index is -3.82. The SMILES string of the molecule is Cc1ccc(S(=O)(=O)n2cc(B3OC(C)(C)C(C)(C)O3)c3cc(C)cnc32)cc1.Cc1ccc(S(=O)(=O)n2cc(Br)c3cc(C)cnc32)cc1.Cc1ccc(S(=O)(=O)n2ccc3cc(C)cnc32)cc1.N.O.[Y]. The molecule has 0 unspecified atom stereocenters. The van der Waals surface area contributed by atoms with Crippen LogP contribution in [-0.4, -0.2) is 75.9 Å². The van der Waals surface area contributed by atoms with Crippen molar-refractivity contribution in [3.05, 3.63) is 172 Å². The minimum absolute atomic E-state index is 0. The smallest absolute Gasteiger partial charge is 0.412 e. The van der Waals surface area contributed by atoms with Crippen molar-refractivity contribution in [2.24, 2.45) is 0 Å². The second-order valence-electron chi connectivity index (χ2n) is 18.5. The van der Waals surface area contributed by atoms with Gasteiger partial charge in [-0.05, 0) is 163 Å². The van der Waals surface area contributed by atoms with Crippen LogP contribution >= 0.6 is 15.9 Å². The Morgan fingerprint density at radius 2 is 0.849 bits per heavy atom. The molecule has 381 valence electrons. The molecule has 0 amide bonds. The van der Waals surface area contributed by atoms with Gasteiger partial charge in [-0.1, -0.05) is 53.1 Å². The number of aromatic nitrogens is 6. The summed E-state index contributed by atoms with van der Waals surface area (Å²) in [5.41, 5.74) is 6.79. The zero-order valence-corrected chi connectivity index (χ0v) is 49.0. The topological polar surface area (TPSA) is 241 Å². The van der Waals surface area contributed by atoms with Gasteiger partial charge in [0.1, 0.15) is 0 Å². The monoisotopic (exact) mass is 1190 g/mol. The van der Waals surface area contributed by atoms with Crippen LogP contribution in [0.5, 0.6) is 0 Å². The molecule has 3 aromatic carbocycles. The van der Waals surface area contributed by atoms with Crippen LogP contribution < -0.4 is 11.6 Å². The van der Waals surface area contributed by atoms with E-state index in [2.05, 4.69) is 30.9 Å². The van der Waals surface area contributed by atoms with E-state index < -0.39 is 48.4 Å². The van der Waals surface area contributed by atoms with Gasteiger partial charge in [0.2, 0.25) is 0 Å². The van der Waals surface area contributed by atoms with Gasteiger partial charge in [-0.2, -0.15) is 0 Å². The normalized spacial score (nSPS) is 14.0. The molecule has 0 bridgehead atoms. The van der Waals surface area contributed by atoms with E-state index in [4.69, 9.17) is 9.31 Å². The molecule has 16 nitrogen and oxygen atoms in total. The summed E-state index contributed by atoms with van der Waals surface area (Å²) in [7, 11) is -11.7. The molecular weight excluding hydrogens is 1130 g/mol. The predicted octanol–water partition coefficient (Wildman–Crippen LogP) is 9.07. The summed E-state index contributed by atoms with van der Waals surface area (Å²) in [6.45, 7) is 19.4. The molecule has 9 aromatic rings. The number of hydrogen-bond acceptors (Lipinski definition) is 12. The Balaban J connectivity index is 0.000000203. The molecule has 5 N–H and O–H groups in total. The van der Waals surface area contributed by atoms with Crippen molar-refractivity contribution in [3.63, 3.8) is 0 Å². The Labute approximate surface area is 460 Å². The third-order valence-corrected chi connectivity index (χ3v) is 18.0. The van der Waals surface area contributed by atoms with Gasteiger partial charge in [0.15, 0.2) is 16.9 Å². The van der Waals surface area contributed by atoms with Crippen molar-refractivity contribution >= 4 is 91.7 Å². The van der Waals surface area contributed by atoms with E-state index in [0.717, 1.165) is 44.2 Å². The first-order valence-corrected chi connectivity index (χ1v) is 27.3. The fourth-order valence-corrected chi connectivity index (χ4v) is 12.3. The van der Waals surface area contributed by atoms with Gasteiger partial charge in [0.05, 0.1) is 25.9 Å². The van der Waals surface area contributed by atoms with E-state index in [1.54, 1.807) is 116 Å². The second kappa shape index (κ2) is 22.1. The number of halogens is 1. The van der Waals surface area contributed by atoms with Crippen molar-refractivity contribution in [3.8, 4) is 0 Å². The number of rotatable bonds is 7. The van der Waals surface area contributed by atoms with Gasteiger partial charge in [-0.25, -0.2) is 52.1 Å². The Bertz CT molecular complexity index is 3790. The average Bonchev–Trinajstić information content (AvgIpc) is 4.05. The maximum Gasteiger partial charge on any atom is 0.497 e. The van der Waals surface area contributed by atoms with Crippen LogP contribution in [0.4, 0.5) is 0 Å². The molecule has 73 heavy (non-hydrogen) atoms. The summed E-state index contributed by atoms with van der Waals surface area (Å²) >= 11 is 3.40. The molecule has 7 heterocycles. The van der Waals surface area contributed by atoms with E-state index >= 15 is 0 Å². The van der Waals surface area contributed by atoms with E-state index in [0.29, 0.717) is 32.3 Å². The van der Waals surface area contributed by atoms with Crippen molar-refractivity contribution in [2.75, 3.05) is 0 Å². The van der Waals surface area contributed by atoms with Crippen molar-refractivity contribution in [1.29, 1.82) is 0 Å². The van der Waals surface area contributed by atoms with Crippen molar-refractivity contribution in [2.45, 2.75) is 95.1 Å². The maximum absolute atomic E-state index is 13.4. The molecule has 1 aliphatic rings. The molecule has 1 aliphatic heterocycles. The van der Waals surface area contributed by atoms with Crippen LogP contribution in [0, 0.1) is 41.5 Å². The molecule has 10 rings (SSSR count). The van der Waals surface area contributed by atoms with Crippen LogP contribution in [0.15, 0.2) is 153 Å². The molecule has 0 spiro atoms. The molecule has 0 aliphatic carbocycles. The molecule has 1 saturated heterocycles. The zero-order valence-electron chi connectivity index (χ0n) is 42.1. The van der Waals surface area contributed by atoms with E-state index in [1.807, 2.05) is 87.4 Å².